The number of hydrogen-bond donors (Lipinski definition) is 0. The van der Waals surface area contributed by atoms with E-state index in [4.69, 9.17) is 6.42 Å². The van der Waals surface area contributed by atoms with E-state index >= 15 is 0 Å². The molecule has 0 bridgehead atoms. The van der Waals surface area contributed by atoms with Gasteiger partial charge in [0.05, 0.1) is 0 Å². The molecule has 3 unspecified atom stereocenters. The van der Waals surface area contributed by atoms with Crippen molar-refractivity contribution < 1.29 is 0 Å². The Hall–Kier alpha value is -0.740. The molecule has 0 aromatic carbocycles. The quantitative estimate of drug-likeness (QED) is 0.528. The van der Waals surface area contributed by atoms with Gasteiger partial charge in [-0.05, 0) is 63.5 Å². The number of rotatable bonds is 4. The Morgan fingerprint density at radius 1 is 1.35 bits per heavy atom. The standard InChI is InChI=1S/C16H25N/c1-3-4-5-6-7-9-15-12-11-14(2)16-10-8-13-17(15)16/h1,4-5,14-16H,6-13H2,2H3/b5-4-. The molecule has 17 heavy (non-hydrogen) atoms. The number of terminal acetylenes is 1. The van der Waals surface area contributed by atoms with Gasteiger partial charge in [-0.25, -0.2) is 0 Å². The van der Waals surface area contributed by atoms with Crippen LogP contribution in [0.2, 0.25) is 0 Å². The molecule has 0 aromatic rings. The van der Waals surface area contributed by atoms with Crippen LogP contribution >= 0.6 is 0 Å². The van der Waals surface area contributed by atoms with Crippen molar-refractivity contribution in [2.24, 2.45) is 5.92 Å². The van der Waals surface area contributed by atoms with Crippen molar-refractivity contribution in [2.75, 3.05) is 6.54 Å². The largest absolute Gasteiger partial charge is 0.297 e. The summed E-state index contributed by atoms with van der Waals surface area (Å²) in [6.07, 6.45) is 18.7. The summed E-state index contributed by atoms with van der Waals surface area (Å²) in [5, 5.41) is 0. The minimum Gasteiger partial charge on any atom is -0.297 e. The van der Waals surface area contributed by atoms with E-state index in [9.17, 15) is 0 Å². The van der Waals surface area contributed by atoms with E-state index in [1.807, 2.05) is 6.08 Å². The van der Waals surface area contributed by atoms with Crippen LogP contribution in [0, 0.1) is 18.3 Å². The molecule has 0 saturated carbocycles. The third-order valence-electron chi connectivity index (χ3n) is 4.55. The van der Waals surface area contributed by atoms with Crippen LogP contribution in [0.5, 0.6) is 0 Å². The molecule has 1 nitrogen and oxygen atoms in total. The molecule has 0 N–H and O–H groups in total. The maximum absolute atomic E-state index is 5.19. The monoisotopic (exact) mass is 231 g/mol. The van der Waals surface area contributed by atoms with E-state index in [1.54, 1.807) is 0 Å². The molecular formula is C16H25N. The molecule has 2 saturated heterocycles. The molecule has 0 radical (unpaired) electrons. The van der Waals surface area contributed by atoms with Gasteiger partial charge in [-0.3, -0.25) is 4.90 Å². The highest BCUT2D eigenvalue weighted by Gasteiger charge is 2.37. The van der Waals surface area contributed by atoms with Gasteiger partial charge in [0, 0.05) is 12.1 Å². The summed E-state index contributed by atoms with van der Waals surface area (Å²) in [5.41, 5.74) is 0. The second-order valence-electron chi connectivity index (χ2n) is 5.66. The minimum atomic E-state index is 0.859. The van der Waals surface area contributed by atoms with Gasteiger partial charge in [0.25, 0.3) is 0 Å². The topological polar surface area (TPSA) is 3.24 Å². The Balaban J connectivity index is 1.77. The average Bonchev–Trinajstić information content (AvgIpc) is 2.81. The summed E-state index contributed by atoms with van der Waals surface area (Å²) >= 11 is 0. The van der Waals surface area contributed by atoms with Crippen molar-refractivity contribution in [3.05, 3.63) is 12.2 Å². The van der Waals surface area contributed by atoms with E-state index < -0.39 is 0 Å². The lowest BCUT2D eigenvalue weighted by Gasteiger charge is -2.41. The van der Waals surface area contributed by atoms with E-state index in [1.165, 1.54) is 45.1 Å². The molecular weight excluding hydrogens is 206 g/mol. The first kappa shape index (κ1) is 12.7. The summed E-state index contributed by atoms with van der Waals surface area (Å²) < 4.78 is 0. The van der Waals surface area contributed by atoms with Crippen molar-refractivity contribution in [3.63, 3.8) is 0 Å². The third kappa shape index (κ3) is 3.13. The smallest absolute Gasteiger partial charge is 0.0124 e. The molecule has 2 aliphatic heterocycles. The summed E-state index contributed by atoms with van der Waals surface area (Å²) in [6, 6.07) is 1.76. The molecule has 0 spiro atoms. The molecule has 2 rings (SSSR count). The van der Waals surface area contributed by atoms with Gasteiger partial charge in [-0.15, -0.1) is 6.42 Å². The van der Waals surface area contributed by atoms with Crippen molar-refractivity contribution in [3.8, 4) is 12.3 Å². The Kier molecular flexibility index (Phi) is 4.68. The van der Waals surface area contributed by atoms with Crippen molar-refractivity contribution in [1.82, 2.24) is 4.90 Å². The SMILES string of the molecule is C#C/C=C\CCCC1CCC(C)C2CCCN12. The van der Waals surface area contributed by atoms with Crippen molar-refractivity contribution in [1.29, 1.82) is 0 Å². The van der Waals surface area contributed by atoms with Gasteiger partial charge in [-0.2, -0.15) is 0 Å². The van der Waals surface area contributed by atoms with Crippen LogP contribution < -0.4 is 0 Å². The van der Waals surface area contributed by atoms with E-state index in [2.05, 4.69) is 23.8 Å². The highest BCUT2D eigenvalue weighted by Crippen LogP contribution is 2.36. The lowest BCUT2D eigenvalue weighted by atomic mass is 9.85. The van der Waals surface area contributed by atoms with Gasteiger partial charge in [0.2, 0.25) is 0 Å². The van der Waals surface area contributed by atoms with Crippen molar-refractivity contribution in [2.45, 2.75) is 64.0 Å². The molecule has 0 aliphatic carbocycles. The summed E-state index contributed by atoms with van der Waals surface area (Å²) in [6.45, 7) is 3.79. The van der Waals surface area contributed by atoms with Gasteiger partial charge < -0.3 is 0 Å². The first-order chi connectivity index (χ1) is 8.33. The zero-order valence-electron chi connectivity index (χ0n) is 11.1. The van der Waals surface area contributed by atoms with E-state index in [0.29, 0.717) is 0 Å². The molecule has 1 heteroatoms. The molecule has 2 fully saturated rings. The fraction of sp³-hybridized carbons (Fsp3) is 0.750. The maximum atomic E-state index is 5.19. The Bertz CT molecular complexity index is 299. The predicted octanol–water partition coefficient (Wildman–Crippen LogP) is 3.61. The summed E-state index contributed by atoms with van der Waals surface area (Å²) in [7, 11) is 0. The zero-order valence-corrected chi connectivity index (χ0v) is 11.1. The second-order valence-corrected chi connectivity index (χ2v) is 5.66. The molecule has 0 aromatic heterocycles. The van der Waals surface area contributed by atoms with Crippen LogP contribution in [-0.4, -0.2) is 23.5 Å². The van der Waals surface area contributed by atoms with Crippen LogP contribution in [0.4, 0.5) is 0 Å². The van der Waals surface area contributed by atoms with Crippen LogP contribution in [0.15, 0.2) is 12.2 Å². The van der Waals surface area contributed by atoms with Crippen LogP contribution in [-0.2, 0) is 0 Å². The number of fused-ring (bicyclic) bond motifs is 1. The molecule has 2 heterocycles. The molecule has 0 amide bonds. The number of piperidine rings is 1. The lowest BCUT2D eigenvalue weighted by molar-refractivity contribution is 0.0756. The molecule has 2 aliphatic rings. The third-order valence-corrected chi connectivity index (χ3v) is 4.55. The van der Waals surface area contributed by atoms with Gasteiger partial charge >= 0.3 is 0 Å². The summed E-state index contributed by atoms with van der Waals surface area (Å²) in [4.78, 5) is 2.80. The van der Waals surface area contributed by atoms with Gasteiger partial charge in [-0.1, -0.05) is 18.9 Å². The van der Waals surface area contributed by atoms with E-state index in [-0.39, 0.29) is 0 Å². The van der Waals surface area contributed by atoms with Crippen LogP contribution in [0.1, 0.15) is 51.9 Å². The predicted molar refractivity (Wildman–Crippen MR) is 73.7 cm³/mol. The normalized spacial score (nSPS) is 33.8. The van der Waals surface area contributed by atoms with Gasteiger partial charge in [0.15, 0.2) is 0 Å². The zero-order chi connectivity index (χ0) is 12.1. The molecule has 3 atom stereocenters. The molecule has 94 valence electrons. The summed E-state index contributed by atoms with van der Waals surface area (Å²) in [5.74, 6) is 3.48. The van der Waals surface area contributed by atoms with Crippen molar-refractivity contribution >= 4 is 0 Å². The Labute approximate surface area is 106 Å². The van der Waals surface area contributed by atoms with Crippen LogP contribution in [0.3, 0.4) is 0 Å². The second kappa shape index (κ2) is 6.26. The van der Waals surface area contributed by atoms with E-state index in [0.717, 1.165) is 24.4 Å². The highest BCUT2D eigenvalue weighted by molar-refractivity contribution is 5.08. The number of nitrogens with zero attached hydrogens (tertiary/aromatic N) is 1. The Morgan fingerprint density at radius 2 is 2.24 bits per heavy atom. The first-order valence-corrected chi connectivity index (χ1v) is 7.20. The number of unbranched alkanes of at least 4 members (excludes halogenated alkanes) is 1. The fourth-order valence-corrected chi connectivity index (χ4v) is 3.63. The number of hydrogen-bond acceptors (Lipinski definition) is 1. The average molecular weight is 231 g/mol. The lowest BCUT2D eigenvalue weighted by Crippen LogP contribution is -2.46. The maximum Gasteiger partial charge on any atom is 0.0124 e. The number of allylic oxidation sites excluding steroid dienone is 2. The Morgan fingerprint density at radius 3 is 3.06 bits per heavy atom. The highest BCUT2D eigenvalue weighted by atomic mass is 15.2. The fourth-order valence-electron chi connectivity index (χ4n) is 3.63. The van der Waals surface area contributed by atoms with Gasteiger partial charge in [0.1, 0.15) is 0 Å². The first-order valence-electron chi connectivity index (χ1n) is 7.20. The van der Waals surface area contributed by atoms with Crippen LogP contribution in [0.25, 0.3) is 0 Å². The minimum absolute atomic E-state index is 0.859.